The molecule has 0 unspecified atom stereocenters. The van der Waals surface area contributed by atoms with Crippen molar-refractivity contribution < 1.29 is 4.79 Å². The van der Waals surface area contributed by atoms with Gasteiger partial charge in [0, 0.05) is 25.6 Å². The molecule has 1 amide bonds. The van der Waals surface area contributed by atoms with Crippen molar-refractivity contribution in [1.82, 2.24) is 14.8 Å². The van der Waals surface area contributed by atoms with Crippen molar-refractivity contribution >= 4 is 22.7 Å². The maximum Gasteiger partial charge on any atom is 0.260 e. The Hall–Kier alpha value is -2.94. The van der Waals surface area contributed by atoms with E-state index in [1.807, 2.05) is 28.8 Å². The summed E-state index contributed by atoms with van der Waals surface area (Å²) in [6, 6.07) is 9.75. The smallest absolute Gasteiger partial charge is 0.260 e. The standard InChI is InChI=1S/C18H17N5O/c1-22-14-8-5-4-7-12(14)16(18(22)24)13(11-19)17-21-20-15-9-3-2-6-10-23(15)17/h4-5,7-8H,2-3,6,9-10H2,1H3/b16-13-. The van der Waals surface area contributed by atoms with Crippen LogP contribution in [0.15, 0.2) is 24.3 Å². The number of hydrogen-bond acceptors (Lipinski definition) is 4. The van der Waals surface area contributed by atoms with E-state index in [0.717, 1.165) is 49.3 Å². The Kier molecular flexibility index (Phi) is 3.42. The van der Waals surface area contributed by atoms with E-state index in [-0.39, 0.29) is 5.91 Å². The number of carbonyl (C=O) groups is 1. The fourth-order valence-electron chi connectivity index (χ4n) is 3.50. The summed E-state index contributed by atoms with van der Waals surface area (Å²) >= 11 is 0. The van der Waals surface area contributed by atoms with E-state index in [2.05, 4.69) is 16.3 Å². The Morgan fingerprint density at radius 3 is 2.88 bits per heavy atom. The zero-order valence-electron chi connectivity index (χ0n) is 13.5. The van der Waals surface area contributed by atoms with Gasteiger partial charge in [-0.25, -0.2) is 0 Å². The molecule has 2 aliphatic rings. The van der Waals surface area contributed by atoms with Crippen LogP contribution >= 0.6 is 0 Å². The number of nitrogens with zero attached hydrogens (tertiary/aromatic N) is 5. The lowest BCUT2D eigenvalue weighted by Crippen LogP contribution is -2.21. The molecule has 6 heteroatoms. The minimum absolute atomic E-state index is 0.168. The third kappa shape index (κ3) is 2.05. The summed E-state index contributed by atoms with van der Waals surface area (Å²) in [7, 11) is 1.73. The number of allylic oxidation sites excluding steroid dienone is 1. The Morgan fingerprint density at radius 2 is 2.04 bits per heavy atom. The normalized spacial score (nSPS) is 18.7. The first-order chi connectivity index (χ1) is 11.7. The van der Waals surface area contributed by atoms with Crippen LogP contribution in [-0.2, 0) is 17.8 Å². The number of amides is 1. The molecule has 0 saturated heterocycles. The van der Waals surface area contributed by atoms with Gasteiger partial charge in [0.25, 0.3) is 5.91 Å². The number of nitriles is 1. The maximum atomic E-state index is 12.8. The van der Waals surface area contributed by atoms with E-state index in [9.17, 15) is 10.1 Å². The Labute approximate surface area is 140 Å². The predicted octanol–water partition coefficient (Wildman–Crippen LogP) is 2.42. The molecule has 0 fully saturated rings. The van der Waals surface area contributed by atoms with E-state index >= 15 is 0 Å². The molecule has 2 aromatic rings. The lowest BCUT2D eigenvalue weighted by Gasteiger charge is -2.09. The molecule has 0 saturated carbocycles. The molecule has 0 atom stereocenters. The summed E-state index contributed by atoms with van der Waals surface area (Å²) in [4.78, 5) is 14.3. The zero-order chi connectivity index (χ0) is 16.7. The summed E-state index contributed by atoms with van der Waals surface area (Å²) in [6.45, 7) is 0.793. The minimum atomic E-state index is -0.168. The van der Waals surface area contributed by atoms with Crippen molar-refractivity contribution in [2.75, 3.05) is 11.9 Å². The molecule has 6 nitrogen and oxygen atoms in total. The van der Waals surface area contributed by atoms with Crippen LogP contribution in [0.2, 0.25) is 0 Å². The van der Waals surface area contributed by atoms with Gasteiger partial charge >= 0.3 is 0 Å². The van der Waals surface area contributed by atoms with E-state index in [1.165, 1.54) is 0 Å². The molecule has 2 aliphatic heterocycles. The van der Waals surface area contributed by atoms with Gasteiger partial charge in [0.1, 0.15) is 17.5 Å². The van der Waals surface area contributed by atoms with E-state index in [0.29, 0.717) is 17.0 Å². The highest BCUT2D eigenvalue weighted by Gasteiger charge is 2.34. The molecule has 0 bridgehead atoms. The fraction of sp³-hybridized carbons (Fsp3) is 0.333. The average molecular weight is 319 g/mol. The second-order valence-corrected chi connectivity index (χ2v) is 6.15. The average Bonchev–Trinajstić information content (AvgIpc) is 3.00. The van der Waals surface area contributed by atoms with Crippen LogP contribution in [-0.4, -0.2) is 27.7 Å². The highest BCUT2D eigenvalue weighted by Crippen LogP contribution is 2.39. The number of carbonyl (C=O) groups excluding carboxylic acids is 1. The molecule has 4 rings (SSSR count). The predicted molar refractivity (Wildman–Crippen MR) is 89.9 cm³/mol. The van der Waals surface area contributed by atoms with Crippen LogP contribution in [0.3, 0.4) is 0 Å². The summed E-state index contributed by atoms with van der Waals surface area (Å²) in [5.41, 5.74) is 2.35. The Bertz CT molecular complexity index is 902. The summed E-state index contributed by atoms with van der Waals surface area (Å²) in [5, 5.41) is 18.3. The topological polar surface area (TPSA) is 74.8 Å². The second kappa shape index (κ2) is 5.60. The van der Waals surface area contributed by atoms with Crippen LogP contribution in [0.1, 0.15) is 36.5 Å². The van der Waals surface area contributed by atoms with Crippen LogP contribution in [0, 0.1) is 11.3 Å². The van der Waals surface area contributed by atoms with Gasteiger partial charge in [0.15, 0.2) is 5.82 Å². The van der Waals surface area contributed by atoms with Crippen molar-refractivity contribution in [3.8, 4) is 6.07 Å². The van der Waals surface area contributed by atoms with E-state index in [1.54, 1.807) is 11.9 Å². The minimum Gasteiger partial charge on any atom is -0.311 e. The molecule has 0 N–H and O–H groups in total. The monoisotopic (exact) mass is 319 g/mol. The van der Waals surface area contributed by atoms with Crippen LogP contribution in [0.5, 0.6) is 0 Å². The highest BCUT2D eigenvalue weighted by molar-refractivity contribution is 6.38. The number of likely N-dealkylation sites (N-methyl/N-ethyl adjacent to an activating group) is 1. The van der Waals surface area contributed by atoms with Gasteiger partial charge in [-0.15, -0.1) is 10.2 Å². The van der Waals surface area contributed by atoms with Crippen molar-refractivity contribution in [1.29, 1.82) is 5.26 Å². The van der Waals surface area contributed by atoms with Gasteiger partial charge in [-0.1, -0.05) is 24.6 Å². The van der Waals surface area contributed by atoms with Gasteiger partial charge in [-0.2, -0.15) is 5.26 Å². The van der Waals surface area contributed by atoms with Crippen LogP contribution in [0.4, 0.5) is 5.69 Å². The second-order valence-electron chi connectivity index (χ2n) is 6.15. The van der Waals surface area contributed by atoms with Gasteiger partial charge in [0.05, 0.1) is 11.3 Å². The number of fused-ring (bicyclic) bond motifs is 2. The third-order valence-corrected chi connectivity index (χ3v) is 4.75. The summed E-state index contributed by atoms with van der Waals surface area (Å²) in [5.74, 6) is 1.25. The Morgan fingerprint density at radius 1 is 1.21 bits per heavy atom. The molecule has 24 heavy (non-hydrogen) atoms. The largest absolute Gasteiger partial charge is 0.311 e. The summed E-state index contributed by atoms with van der Waals surface area (Å²) in [6.07, 6.45) is 4.13. The Balaban J connectivity index is 1.94. The van der Waals surface area contributed by atoms with Gasteiger partial charge < -0.3 is 9.47 Å². The number of aromatic nitrogens is 3. The SMILES string of the molecule is CN1C(=O)/C(=C(/C#N)c2nnc3n2CCCCC3)c2ccccc21. The first-order valence-electron chi connectivity index (χ1n) is 8.16. The van der Waals surface area contributed by atoms with E-state index in [4.69, 9.17) is 0 Å². The molecular formula is C18H17N5O. The van der Waals surface area contributed by atoms with E-state index < -0.39 is 0 Å². The number of rotatable bonds is 1. The van der Waals surface area contributed by atoms with Crippen LogP contribution < -0.4 is 4.90 Å². The zero-order valence-corrected chi connectivity index (χ0v) is 13.5. The van der Waals surface area contributed by atoms with Crippen LogP contribution in [0.25, 0.3) is 11.1 Å². The first kappa shape index (κ1) is 14.6. The van der Waals surface area contributed by atoms with Crippen molar-refractivity contribution in [2.24, 2.45) is 0 Å². The highest BCUT2D eigenvalue weighted by atomic mass is 16.2. The molecule has 1 aromatic heterocycles. The fourth-order valence-corrected chi connectivity index (χ4v) is 3.50. The molecule has 0 spiro atoms. The molecule has 3 heterocycles. The molecule has 0 radical (unpaired) electrons. The number of hydrogen-bond donors (Lipinski definition) is 0. The van der Waals surface area contributed by atoms with Crippen molar-refractivity contribution in [3.05, 3.63) is 41.5 Å². The molecular weight excluding hydrogens is 302 g/mol. The lowest BCUT2D eigenvalue weighted by atomic mass is 10.0. The molecule has 0 aliphatic carbocycles. The lowest BCUT2D eigenvalue weighted by molar-refractivity contribution is -0.112. The summed E-state index contributed by atoms with van der Waals surface area (Å²) < 4.78 is 2.01. The van der Waals surface area contributed by atoms with Crippen molar-refractivity contribution in [3.63, 3.8) is 0 Å². The third-order valence-electron chi connectivity index (χ3n) is 4.75. The molecule has 120 valence electrons. The maximum absolute atomic E-state index is 12.8. The van der Waals surface area contributed by atoms with Crippen molar-refractivity contribution in [2.45, 2.75) is 32.2 Å². The quantitative estimate of drug-likeness (QED) is 0.597. The van der Waals surface area contributed by atoms with Gasteiger partial charge in [-0.3, -0.25) is 4.79 Å². The number of benzene rings is 1. The number of para-hydroxylation sites is 1. The number of aryl methyl sites for hydroxylation is 1. The van der Waals surface area contributed by atoms with Gasteiger partial charge in [-0.05, 0) is 18.9 Å². The number of anilines is 1. The molecule has 1 aromatic carbocycles. The first-order valence-corrected chi connectivity index (χ1v) is 8.16. The van der Waals surface area contributed by atoms with Gasteiger partial charge in [0.2, 0.25) is 0 Å².